The monoisotopic (exact) mass is 398 g/mol. The van der Waals surface area contributed by atoms with Crippen LogP contribution in [0.4, 0.5) is 0 Å². The second-order valence-corrected chi connectivity index (χ2v) is 8.59. The zero-order chi connectivity index (χ0) is 19.8. The number of nitrogens with zero attached hydrogens (tertiary/aromatic N) is 2. The Kier molecular flexibility index (Phi) is 7.66. The van der Waals surface area contributed by atoms with Crippen LogP contribution >= 0.6 is 11.3 Å². The molecule has 0 unspecified atom stereocenters. The molecule has 2 amide bonds. The fourth-order valence-electron chi connectivity index (χ4n) is 3.86. The summed E-state index contributed by atoms with van der Waals surface area (Å²) < 4.78 is 0. The number of hydrogen-bond acceptors (Lipinski definition) is 3. The third-order valence-electron chi connectivity index (χ3n) is 5.33. The van der Waals surface area contributed by atoms with Crippen LogP contribution in [0, 0.1) is 5.92 Å². The third kappa shape index (κ3) is 5.68. The number of benzene rings is 1. The van der Waals surface area contributed by atoms with Crippen molar-refractivity contribution in [3.8, 4) is 0 Å². The van der Waals surface area contributed by atoms with Crippen LogP contribution in [0.15, 0.2) is 47.8 Å². The van der Waals surface area contributed by atoms with Crippen LogP contribution in [0.2, 0.25) is 0 Å². The maximum atomic E-state index is 13.2. The minimum atomic E-state index is 0.0250. The molecule has 2 aromatic rings. The third-order valence-corrected chi connectivity index (χ3v) is 6.19. The Hall–Kier alpha value is -2.14. The molecule has 1 saturated carbocycles. The van der Waals surface area contributed by atoms with Gasteiger partial charge in [-0.2, -0.15) is 0 Å². The molecule has 1 aromatic heterocycles. The van der Waals surface area contributed by atoms with E-state index >= 15 is 0 Å². The highest BCUT2D eigenvalue weighted by Crippen LogP contribution is 2.27. The predicted octanol–water partition coefficient (Wildman–Crippen LogP) is 4.71. The summed E-state index contributed by atoms with van der Waals surface area (Å²) in [5.74, 6) is 0.305. The SMILES string of the molecule is CCCN(CC(=O)N(Cc1ccccc1)Cc1cccs1)C(=O)C1CCCC1. The fourth-order valence-corrected chi connectivity index (χ4v) is 4.58. The van der Waals surface area contributed by atoms with Crippen LogP contribution in [-0.2, 0) is 22.7 Å². The summed E-state index contributed by atoms with van der Waals surface area (Å²) in [6.07, 6.45) is 5.06. The molecule has 150 valence electrons. The summed E-state index contributed by atoms with van der Waals surface area (Å²) in [7, 11) is 0. The molecule has 3 rings (SSSR count). The van der Waals surface area contributed by atoms with E-state index in [9.17, 15) is 9.59 Å². The topological polar surface area (TPSA) is 40.6 Å². The molecule has 1 heterocycles. The van der Waals surface area contributed by atoms with Crippen molar-refractivity contribution in [3.63, 3.8) is 0 Å². The molecule has 1 aliphatic rings. The molecular formula is C23H30N2O2S. The van der Waals surface area contributed by atoms with E-state index in [4.69, 9.17) is 0 Å². The van der Waals surface area contributed by atoms with Crippen molar-refractivity contribution >= 4 is 23.2 Å². The molecule has 0 N–H and O–H groups in total. The van der Waals surface area contributed by atoms with Gasteiger partial charge in [0.05, 0.1) is 13.1 Å². The maximum Gasteiger partial charge on any atom is 0.242 e. The zero-order valence-corrected chi connectivity index (χ0v) is 17.5. The highest BCUT2D eigenvalue weighted by Gasteiger charge is 2.29. The first-order valence-corrected chi connectivity index (χ1v) is 11.2. The Morgan fingerprint density at radius 3 is 2.39 bits per heavy atom. The van der Waals surface area contributed by atoms with Crippen molar-refractivity contribution in [1.82, 2.24) is 9.80 Å². The Labute approximate surface area is 172 Å². The second kappa shape index (κ2) is 10.4. The molecule has 0 atom stereocenters. The van der Waals surface area contributed by atoms with Crippen molar-refractivity contribution in [2.75, 3.05) is 13.1 Å². The Morgan fingerprint density at radius 2 is 1.75 bits per heavy atom. The average molecular weight is 399 g/mol. The summed E-state index contributed by atoms with van der Waals surface area (Å²) in [6.45, 7) is 4.05. The van der Waals surface area contributed by atoms with Crippen LogP contribution in [-0.4, -0.2) is 34.7 Å². The molecule has 1 fully saturated rings. The van der Waals surface area contributed by atoms with Gasteiger partial charge in [0, 0.05) is 23.9 Å². The quantitative estimate of drug-likeness (QED) is 0.614. The molecule has 0 aliphatic heterocycles. The van der Waals surface area contributed by atoms with Gasteiger partial charge in [0.1, 0.15) is 0 Å². The first-order chi connectivity index (χ1) is 13.7. The summed E-state index contributed by atoms with van der Waals surface area (Å²) in [5.41, 5.74) is 1.11. The zero-order valence-electron chi connectivity index (χ0n) is 16.7. The van der Waals surface area contributed by atoms with Crippen molar-refractivity contribution in [2.45, 2.75) is 52.1 Å². The van der Waals surface area contributed by atoms with E-state index in [2.05, 4.69) is 13.0 Å². The minimum absolute atomic E-state index is 0.0250. The van der Waals surface area contributed by atoms with Crippen LogP contribution in [0.3, 0.4) is 0 Å². The smallest absolute Gasteiger partial charge is 0.242 e. The fraction of sp³-hybridized carbons (Fsp3) is 0.478. The lowest BCUT2D eigenvalue weighted by Gasteiger charge is -2.29. The molecule has 1 aromatic carbocycles. The Balaban J connectivity index is 1.71. The van der Waals surface area contributed by atoms with Crippen molar-refractivity contribution in [1.29, 1.82) is 0 Å². The maximum absolute atomic E-state index is 13.2. The molecule has 0 spiro atoms. The van der Waals surface area contributed by atoms with E-state index in [1.54, 1.807) is 16.2 Å². The molecule has 4 nitrogen and oxygen atoms in total. The molecule has 0 bridgehead atoms. The number of thiophene rings is 1. The van der Waals surface area contributed by atoms with Gasteiger partial charge in [0.2, 0.25) is 11.8 Å². The van der Waals surface area contributed by atoms with Crippen LogP contribution in [0.5, 0.6) is 0 Å². The van der Waals surface area contributed by atoms with Crippen molar-refractivity contribution in [3.05, 3.63) is 58.3 Å². The Morgan fingerprint density at radius 1 is 1.00 bits per heavy atom. The van der Waals surface area contributed by atoms with E-state index in [-0.39, 0.29) is 24.3 Å². The lowest BCUT2D eigenvalue weighted by Crippen LogP contribution is -2.44. The van der Waals surface area contributed by atoms with E-state index < -0.39 is 0 Å². The van der Waals surface area contributed by atoms with Gasteiger partial charge >= 0.3 is 0 Å². The number of hydrogen-bond donors (Lipinski definition) is 0. The van der Waals surface area contributed by atoms with Gasteiger partial charge in [-0.05, 0) is 36.3 Å². The van der Waals surface area contributed by atoms with Crippen LogP contribution < -0.4 is 0 Å². The molecule has 5 heteroatoms. The Bertz CT molecular complexity index is 739. The van der Waals surface area contributed by atoms with Gasteiger partial charge in [-0.1, -0.05) is 56.2 Å². The van der Waals surface area contributed by atoms with E-state index in [0.29, 0.717) is 19.6 Å². The van der Waals surface area contributed by atoms with Gasteiger partial charge in [-0.3, -0.25) is 9.59 Å². The first-order valence-electron chi connectivity index (χ1n) is 10.3. The summed E-state index contributed by atoms with van der Waals surface area (Å²) >= 11 is 1.66. The number of carbonyl (C=O) groups is 2. The molecular weight excluding hydrogens is 368 g/mol. The van der Waals surface area contributed by atoms with Gasteiger partial charge < -0.3 is 9.80 Å². The average Bonchev–Trinajstić information content (AvgIpc) is 3.41. The van der Waals surface area contributed by atoms with E-state index in [0.717, 1.165) is 42.5 Å². The summed E-state index contributed by atoms with van der Waals surface area (Å²) in [6, 6.07) is 14.1. The standard InChI is InChI=1S/C23H30N2O2S/c1-2-14-24(23(27)20-11-6-7-12-20)18-22(26)25(17-21-13-8-15-28-21)16-19-9-4-3-5-10-19/h3-5,8-10,13,15,20H,2,6-7,11-12,14,16-18H2,1H3. The molecule has 1 aliphatic carbocycles. The lowest BCUT2D eigenvalue weighted by atomic mass is 10.1. The largest absolute Gasteiger partial charge is 0.333 e. The first kappa shape index (κ1) is 20.6. The highest BCUT2D eigenvalue weighted by molar-refractivity contribution is 7.09. The van der Waals surface area contributed by atoms with Crippen molar-refractivity contribution in [2.24, 2.45) is 5.92 Å². The van der Waals surface area contributed by atoms with Crippen molar-refractivity contribution < 1.29 is 9.59 Å². The lowest BCUT2D eigenvalue weighted by molar-refractivity contribution is -0.143. The molecule has 0 radical (unpaired) electrons. The number of amides is 2. The van der Waals surface area contributed by atoms with Crippen LogP contribution in [0.25, 0.3) is 0 Å². The highest BCUT2D eigenvalue weighted by atomic mass is 32.1. The summed E-state index contributed by atoms with van der Waals surface area (Å²) in [4.78, 5) is 31.0. The summed E-state index contributed by atoms with van der Waals surface area (Å²) in [5, 5.41) is 2.04. The minimum Gasteiger partial charge on any atom is -0.333 e. The number of carbonyl (C=O) groups excluding carboxylic acids is 2. The van der Waals surface area contributed by atoms with E-state index in [1.807, 2.05) is 46.7 Å². The predicted molar refractivity (Wildman–Crippen MR) is 114 cm³/mol. The molecule has 0 saturated heterocycles. The molecule has 28 heavy (non-hydrogen) atoms. The van der Waals surface area contributed by atoms with Gasteiger partial charge in [-0.15, -0.1) is 11.3 Å². The second-order valence-electron chi connectivity index (χ2n) is 7.56. The number of rotatable bonds is 9. The van der Waals surface area contributed by atoms with Gasteiger partial charge in [0.25, 0.3) is 0 Å². The van der Waals surface area contributed by atoms with E-state index in [1.165, 1.54) is 0 Å². The van der Waals surface area contributed by atoms with Crippen LogP contribution in [0.1, 0.15) is 49.5 Å². The normalized spacial score (nSPS) is 14.2. The van der Waals surface area contributed by atoms with Gasteiger partial charge in [-0.25, -0.2) is 0 Å². The van der Waals surface area contributed by atoms with Gasteiger partial charge in [0.15, 0.2) is 0 Å².